The number of aromatic nitrogens is 1. The first-order valence-corrected chi connectivity index (χ1v) is 9.41. The molecule has 1 aliphatic carbocycles. The Morgan fingerprint density at radius 3 is 2.52 bits per heavy atom. The molecular weight excluding hydrogens is 340 g/mol. The minimum Gasteiger partial charge on any atom is -0.448 e. The molecule has 1 aromatic heterocycles. The molecule has 1 saturated carbocycles. The molecule has 1 aliphatic heterocycles. The molecule has 1 saturated heterocycles. The number of nitrogens with zero attached hydrogens (tertiary/aromatic N) is 2. The van der Waals surface area contributed by atoms with Crippen molar-refractivity contribution >= 4 is 23.2 Å². The van der Waals surface area contributed by atoms with Gasteiger partial charge in [-0.3, -0.25) is 9.59 Å². The highest BCUT2D eigenvalue weighted by Gasteiger charge is 2.75. The molecule has 138 valence electrons. The summed E-state index contributed by atoms with van der Waals surface area (Å²) in [6.07, 6.45) is 1.19. The van der Waals surface area contributed by atoms with E-state index in [1.807, 2.05) is 39.2 Å². The van der Waals surface area contributed by atoms with E-state index in [4.69, 9.17) is 9.47 Å². The Kier molecular flexibility index (Phi) is 4.23. The van der Waals surface area contributed by atoms with Crippen LogP contribution >= 0.6 is 11.3 Å². The Labute approximate surface area is 151 Å². The van der Waals surface area contributed by atoms with Gasteiger partial charge in [-0.05, 0) is 33.6 Å². The first-order chi connectivity index (χ1) is 11.6. The van der Waals surface area contributed by atoms with E-state index in [-0.39, 0.29) is 11.9 Å². The third-order valence-electron chi connectivity index (χ3n) is 6.53. The Balaban J connectivity index is 2.05. The molecule has 0 spiro atoms. The van der Waals surface area contributed by atoms with Crippen molar-refractivity contribution < 1.29 is 19.1 Å². The van der Waals surface area contributed by atoms with Gasteiger partial charge < -0.3 is 14.0 Å². The minimum atomic E-state index is -1.15. The predicted octanol–water partition coefficient (Wildman–Crippen LogP) is 2.36. The monoisotopic (exact) mass is 366 g/mol. The number of rotatable bonds is 4. The van der Waals surface area contributed by atoms with Gasteiger partial charge in [0.1, 0.15) is 0 Å². The fourth-order valence-electron chi connectivity index (χ4n) is 4.03. The number of aryl methyl sites for hydroxylation is 1. The van der Waals surface area contributed by atoms with E-state index in [9.17, 15) is 9.59 Å². The van der Waals surface area contributed by atoms with Crippen LogP contribution in [0, 0.1) is 24.7 Å². The van der Waals surface area contributed by atoms with Crippen LogP contribution in [0.15, 0.2) is 4.99 Å². The molecule has 1 amide bonds. The topological polar surface area (TPSA) is 69.9 Å². The van der Waals surface area contributed by atoms with Gasteiger partial charge in [0.2, 0.25) is 0 Å². The number of hydrogen-bond acceptors (Lipinski definition) is 5. The van der Waals surface area contributed by atoms with Crippen molar-refractivity contribution in [1.29, 1.82) is 0 Å². The lowest BCUT2D eigenvalue weighted by molar-refractivity contribution is -0.166. The highest BCUT2D eigenvalue weighted by molar-refractivity contribution is 7.09. The lowest BCUT2D eigenvalue weighted by Crippen LogP contribution is -2.47. The van der Waals surface area contributed by atoms with Crippen molar-refractivity contribution in [1.82, 2.24) is 4.57 Å². The number of carbonyl (C=O) groups is 2. The fraction of sp³-hybridized carbons (Fsp3) is 0.722. The van der Waals surface area contributed by atoms with Crippen molar-refractivity contribution in [3.8, 4) is 0 Å². The van der Waals surface area contributed by atoms with Gasteiger partial charge in [0.25, 0.3) is 5.91 Å². The second-order valence-corrected chi connectivity index (χ2v) is 8.94. The van der Waals surface area contributed by atoms with Crippen LogP contribution in [0.5, 0.6) is 0 Å². The van der Waals surface area contributed by atoms with Crippen molar-refractivity contribution in [3.63, 3.8) is 0 Å². The standard InChI is InChI=1S/C18H26N2O4S/c1-11-12(2)25-15(20(11)9-10-23-6)19-13(21)18-8-7-17(5,14(22)24-18)16(18,3)4/h7-10H2,1-6H3/t17-,18+/m0/s1. The van der Waals surface area contributed by atoms with Gasteiger partial charge in [0, 0.05) is 29.6 Å². The summed E-state index contributed by atoms with van der Waals surface area (Å²) in [4.78, 5) is 31.7. The van der Waals surface area contributed by atoms with Crippen LogP contribution in [0.3, 0.4) is 0 Å². The lowest BCUT2D eigenvalue weighted by Gasteiger charge is -2.33. The molecule has 6 nitrogen and oxygen atoms in total. The van der Waals surface area contributed by atoms with E-state index < -0.39 is 16.4 Å². The van der Waals surface area contributed by atoms with E-state index >= 15 is 0 Å². The SMILES string of the molecule is COCCn1c(C)c(C)sc1=NC(=O)[C@@]12CC[C@@](C)(C(=O)O1)C2(C)C. The molecule has 2 atom stereocenters. The molecule has 0 N–H and O–H groups in total. The molecule has 0 aromatic carbocycles. The normalized spacial score (nSPS) is 30.8. The molecule has 0 unspecified atom stereocenters. The number of hydrogen-bond donors (Lipinski definition) is 0. The molecule has 25 heavy (non-hydrogen) atoms. The van der Waals surface area contributed by atoms with Crippen LogP contribution in [-0.2, 0) is 25.6 Å². The number of fused-ring (bicyclic) bond motifs is 2. The quantitative estimate of drug-likeness (QED) is 0.767. The third-order valence-corrected chi connectivity index (χ3v) is 7.63. The Hall–Kier alpha value is -1.47. The van der Waals surface area contributed by atoms with Gasteiger partial charge >= 0.3 is 5.97 Å². The molecular formula is C18H26N2O4S. The highest BCUT2D eigenvalue weighted by atomic mass is 32.1. The summed E-state index contributed by atoms with van der Waals surface area (Å²) in [7, 11) is 1.65. The van der Waals surface area contributed by atoms with Crippen molar-refractivity contribution in [3.05, 3.63) is 15.4 Å². The summed E-state index contributed by atoms with van der Waals surface area (Å²) >= 11 is 1.48. The van der Waals surface area contributed by atoms with Crippen LogP contribution in [-0.4, -0.2) is 35.8 Å². The van der Waals surface area contributed by atoms with E-state index in [1.54, 1.807) is 7.11 Å². The molecule has 2 bridgehead atoms. The summed E-state index contributed by atoms with van der Waals surface area (Å²) in [6, 6.07) is 0. The maximum absolute atomic E-state index is 13.2. The van der Waals surface area contributed by atoms with Gasteiger partial charge in [0.15, 0.2) is 10.4 Å². The first-order valence-electron chi connectivity index (χ1n) is 8.59. The number of thiazole rings is 1. The number of amides is 1. The molecule has 7 heteroatoms. The number of carbonyl (C=O) groups excluding carboxylic acids is 2. The third kappa shape index (κ3) is 2.28. The zero-order chi connectivity index (χ0) is 18.6. The molecule has 0 radical (unpaired) electrons. The van der Waals surface area contributed by atoms with E-state index in [1.165, 1.54) is 11.3 Å². The van der Waals surface area contributed by atoms with E-state index in [0.29, 0.717) is 30.8 Å². The van der Waals surface area contributed by atoms with Crippen LogP contribution in [0.1, 0.15) is 44.2 Å². The van der Waals surface area contributed by atoms with Crippen molar-refractivity contribution in [2.45, 2.75) is 59.6 Å². The summed E-state index contributed by atoms with van der Waals surface area (Å²) in [5, 5.41) is 0. The van der Waals surface area contributed by atoms with Crippen LogP contribution in [0.25, 0.3) is 0 Å². The average molecular weight is 366 g/mol. The summed E-state index contributed by atoms with van der Waals surface area (Å²) < 4.78 is 12.8. The van der Waals surface area contributed by atoms with Crippen molar-refractivity contribution in [2.75, 3.05) is 13.7 Å². The van der Waals surface area contributed by atoms with Gasteiger partial charge in [-0.15, -0.1) is 11.3 Å². The van der Waals surface area contributed by atoms with E-state index in [2.05, 4.69) is 4.99 Å². The van der Waals surface area contributed by atoms with Crippen LogP contribution < -0.4 is 4.80 Å². The summed E-state index contributed by atoms with van der Waals surface area (Å²) in [6.45, 7) is 11.0. The fourth-order valence-corrected chi connectivity index (χ4v) is 5.03. The zero-order valence-electron chi connectivity index (χ0n) is 15.8. The number of methoxy groups -OCH3 is 1. The van der Waals surface area contributed by atoms with Crippen molar-refractivity contribution in [2.24, 2.45) is 15.8 Å². The Morgan fingerprint density at radius 1 is 1.32 bits per heavy atom. The lowest BCUT2D eigenvalue weighted by atomic mass is 9.66. The zero-order valence-corrected chi connectivity index (χ0v) is 16.6. The second kappa shape index (κ2) is 5.77. The molecule has 2 fully saturated rings. The Morgan fingerprint density at radius 2 is 2.00 bits per heavy atom. The second-order valence-electron chi connectivity index (χ2n) is 7.76. The predicted molar refractivity (Wildman–Crippen MR) is 94.2 cm³/mol. The Bertz CT molecular complexity index is 806. The summed E-state index contributed by atoms with van der Waals surface area (Å²) in [5.41, 5.74) is -1.27. The highest BCUT2D eigenvalue weighted by Crippen LogP contribution is 2.65. The first kappa shape index (κ1) is 18.3. The minimum absolute atomic E-state index is 0.280. The number of ether oxygens (including phenoxy) is 2. The maximum atomic E-state index is 13.2. The molecule has 3 rings (SSSR count). The van der Waals surface area contributed by atoms with Crippen LogP contribution in [0.2, 0.25) is 0 Å². The van der Waals surface area contributed by atoms with Gasteiger partial charge in [0.05, 0.1) is 12.0 Å². The largest absolute Gasteiger partial charge is 0.448 e. The van der Waals surface area contributed by atoms with Crippen LogP contribution in [0.4, 0.5) is 0 Å². The summed E-state index contributed by atoms with van der Waals surface area (Å²) in [5.74, 6) is -0.627. The maximum Gasteiger partial charge on any atom is 0.313 e. The molecule has 1 aromatic rings. The number of esters is 1. The van der Waals surface area contributed by atoms with E-state index in [0.717, 1.165) is 10.6 Å². The van der Waals surface area contributed by atoms with Gasteiger partial charge in [-0.2, -0.15) is 4.99 Å². The smallest absolute Gasteiger partial charge is 0.313 e. The van der Waals surface area contributed by atoms with Gasteiger partial charge in [-0.1, -0.05) is 13.8 Å². The average Bonchev–Trinajstić information content (AvgIpc) is 2.98. The molecule has 2 heterocycles. The van der Waals surface area contributed by atoms with Gasteiger partial charge in [-0.25, -0.2) is 0 Å². The molecule has 2 aliphatic rings.